The van der Waals surface area contributed by atoms with Crippen LogP contribution in [0.15, 0.2) is 22.8 Å². The summed E-state index contributed by atoms with van der Waals surface area (Å²) in [5.41, 5.74) is 0. The number of hydrogen-bond acceptors (Lipinski definition) is 3. The molecule has 0 bridgehead atoms. The lowest BCUT2D eigenvalue weighted by molar-refractivity contribution is 0.383. The van der Waals surface area contributed by atoms with Crippen LogP contribution in [0.4, 0.5) is 0 Å². The molecule has 1 aromatic rings. The predicted molar refractivity (Wildman–Crippen MR) is 65.4 cm³/mol. The van der Waals surface area contributed by atoms with E-state index in [1.54, 1.807) is 6.26 Å². The van der Waals surface area contributed by atoms with Gasteiger partial charge in [0.05, 0.1) is 6.26 Å². The Morgan fingerprint density at radius 3 is 3.06 bits per heavy atom. The van der Waals surface area contributed by atoms with E-state index in [2.05, 4.69) is 24.5 Å². The lowest BCUT2D eigenvalue weighted by atomic mass is 9.98. The van der Waals surface area contributed by atoms with Crippen LogP contribution >= 0.6 is 0 Å². The SMILES string of the molecule is CC(Cc1ccco1)NCC1CNCC1C. The first-order valence-corrected chi connectivity index (χ1v) is 6.22. The fourth-order valence-corrected chi connectivity index (χ4v) is 2.29. The van der Waals surface area contributed by atoms with E-state index in [1.165, 1.54) is 6.54 Å². The maximum absolute atomic E-state index is 5.34. The first-order valence-electron chi connectivity index (χ1n) is 6.22. The van der Waals surface area contributed by atoms with Crippen LogP contribution in [0, 0.1) is 11.8 Å². The van der Waals surface area contributed by atoms with Crippen molar-refractivity contribution >= 4 is 0 Å². The lowest BCUT2D eigenvalue weighted by Crippen LogP contribution is -2.34. The van der Waals surface area contributed by atoms with E-state index in [4.69, 9.17) is 4.42 Å². The van der Waals surface area contributed by atoms with Crippen molar-refractivity contribution in [2.45, 2.75) is 26.3 Å². The highest BCUT2D eigenvalue weighted by atomic mass is 16.3. The Bertz CT molecular complexity index is 297. The Morgan fingerprint density at radius 1 is 1.56 bits per heavy atom. The third kappa shape index (κ3) is 3.09. The van der Waals surface area contributed by atoms with Crippen LogP contribution in [0.3, 0.4) is 0 Å². The molecule has 0 radical (unpaired) electrons. The van der Waals surface area contributed by atoms with Crippen LogP contribution in [0.2, 0.25) is 0 Å². The molecule has 1 aromatic heterocycles. The van der Waals surface area contributed by atoms with Crippen molar-refractivity contribution in [3.05, 3.63) is 24.2 Å². The molecule has 0 amide bonds. The summed E-state index contributed by atoms with van der Waals surface area (Å²) in [6.45, 7) is 7.97. The van der Waals surface area contributed by atoms with E-state index < -0.39 is 0 Å². The minimum Gasteiger partial charge on any atom is -0.469 e. The topological polar surface area (TPSA) is 37.2 Å². The zero-order valence-electron chi connectivity index (χ0n) is 10.2. The number of nitrogens with one attached hydrogen (secondary N) is 2. The number of rotatable bonds is 5. The van der Waals surface area contributed by atoms with Crippen LogP contribution in [0.25, 0.3) is 0 Å². The van der Waals surface area contributed by atoms with Gasteiger partial charge in [0.15, 0.2) is 0 Å². The van der Waals surface area contributed by atoms with E-state index in [0.717, 1.165) is 37.1 Å². The third-order valence-corrected chi connectivity index (χ3v) is 3.49. The Kier molecular flexibility index (Phi) is 4.02. The van der Waals surface area contributed by atoms with Crippen molar-refractivity contribution in [3.8, 4) is 0 Å². The summed E-state index contributed by atoms with van der Waals surface area (Å²) in [4.78, 5) is 0. The summed E-state index contributed by atoms with van der Waals surface area (Å²) in [7, 11) is 0. The molecule has 3 atom stereocenters. The van der Waals surface area contributed by atoms with Crippen molar-refractivity contribution in [1.82, 2.24) is 10.6 Å². The Balaban J connectivity index is 1.69. The van der Waals surface area contributed by atoms with Gasteiger partial charge in [-0.2, -0.15) is 0 Å². The van der Waals surface area contributed by atoms with E-state index in [1.807, 2.05) is 12.1 Å². The van der Waals surface area contributed by atoms with Crippen LogP contribution in [0.5, 0.6) is 0 Å². The monoisotopic (exact) mass is 222 g/mol. The second-order valence-corrected chi connectivity index (χ2v) is 4.99. The van der Waals surface area contributed by atoms with Gasteiger partial charge in [-0.05, 0) is 50.5 Å². The summed E-state index contributed by atoms with van der Waals surface area (Å²) >= 11 is 0. The molecule has 16 heavy (non-hydrogen) atoms. The summed E-state index contributed by atoms with van der Waals surface area (Å²) in [6.07, 6.45) is 2.71. The molecule has 2 rings (SSSR count). The first kappa shape index (κ1) is 11.7. The normalized spacial score (nSPS) is 27.1. The van der Waals surface area contributed by atoms with E-state index in [9.17, 15) is 0 Å². The van der Waals surface area contributed by atoms with Crippen molar-refractivity contribution in [2.24, 2.45) is 11.8 Å². The minimum atomic E-state index is 0.485. The minimum absolute atomic E-state index is 0.485. The summed E-state index contributed by atoms with van der Waals surface area (Å²) in [6, 6.07) is 4.47. The van der Waals surface area contributed by atoms with Gasteiger partial charge >= 0.3 is 0 Å². The second-order valence-electron chi connectivity index (χ2n) is 4.99. The van der Waals surface area contributed by atoms with Gasteiger partial charge in [0.2, 0.25) is 0 Å². The molecule has 1 saturated heterocycles. The van der Waals surface area contributed by atoms with Gasteiger partial charge in [-0.3, -0.25) is 0 Å². The molecule has 3 heteroatoms. The van der Waals surface area contributed by atoms with Gasteiger partial charge in [0, 0.05) is 12.5 Å². The van der Waals surface area contributed by atoms with E-state index in [0.29, 0.717) is 6.04 Å². The average molecular weight is 222 g/mol. The Labute approximate surface area is 97.6 Å². The molecular formula is C13H22N2O. The second kappa shape index (κ2) is 5.51. The van der Waals surface area contributed by atoms with Gasteiger partial charge in [-0.15, -0.1) is 0 Å². The van der Waals surface area contributed by atoms with Crippen LogP contribution in [-0.4, -0.2) is 25.7 Å². The molecule has 0 aliphatic carbocycles. The summed E-state index contributed by atoms with van der Waals surface area (Å²) < 4.78 is 5.34. The van der Waals surface area contributed by atoms with Crippen LogP contribution in [0.1, 0.15) is 19.6 Å². The molecule has 1 aliphatic rings. The molecule has 0 saturated carbocycles. The van der Waals surface area contributed by atoms with Crippen molar-refractivity contribution in [3.63, 3.8) is 0 Å². The summed E-state index contributed by atoms with van der Waals surface area (Å²) in [5.74, 6) is 2.64. The molecule has 3 unspecified atom stereocenters. The smallest absolute Gasteiger partial charge is 0.105 e. The summed E-state index contributed by atoms with van der Waals surface area (Å²) in [5, 5.41) is 7.03. The van der Waals surface area contributed by atoms with Crippen molar-refractivity contribution in [2.75, 3.05) is 19.6 Å². The molecule has 90 valence electrons. The zero-order chi connectivity index (χ0) is 11.4. The van der Waals surface area contributed by atoms with Crippen molar-refractivity contribution in [1.29, 1.82) is 0 Å². The molecule has 0 spiro atoms. The largest absolute Gasteiger partial charge is 0.469 e. The molecule has 3 nitrogen and oxygen atoms in total. The quantitative estimate of drug-likeness (QED) is 0.795. The number of hydrogen-bond donors (Lipinski definition) is 2. The van der Waals surface area contributed by atoms with Gasteiger partial charge in [0.25, 0.3) is 0 Å². The average Bonchev–Trinajstić information content (AvgIpc) is 2.87. The Morgan fingerprint density at radius 2 is 2.44 bits per heavy atom. The van der Waals surface area contributed by atoms with Gasteiger partial charge in [-0.25, -0.2) is 0 Å². The maximum Gasteiger partial charge on any atom is 0.105 e. The van der Waals surface area contributed by atoms with Gasteiger partial charge in [0.1, 0.15) is 5.76 Å². The highest BCUT2D eigenvalue weighted by Gasteiger charge is 2.22. The predicted octanol–water partition coefficient (Wildman–Crippen LogP) is 1.66. The standard InChI is InChI=1S/C13H22N2O/c1-10-7-14-8-12(10)9-15-11(2)6-13-4-3-5-16-13/h3-5,10-12,14-15H,6-9H2,1-2H3. The fourth-order valence-electron chi connectivity index (χ4n) is 2.29. The highest BCUT2D eigenvalue weighted by Crippen LogP contribution is 2.15. The number of furan rings is 1. The van der Waals surface area contributed by atoms with Crippen LogP contribution in [-0.2, 0) is 6.42 Å². The molecular weight excluding hydrogens is 200 g/mol. The molecule has 1 fully saturated rings. The van der Waals surface area contributed by atoms with Gasteiger partial charge in [-0.1, -0.05) is 6.92 Å². The molecule has 2 heterocycles. The molecule has 0 aromatic carbocycles. The Hall–Kier alpha value is -0.800. The lowest BCUT2D eigenvalue weighted by Gasteiger charge is -2.18. The third-order valence-electron chi connectivity index (χ3n) is 3.49. The fraction of sp³-hybridized carbons (Fsp3) is 0.692. The molecule has 2 N–H and O–H groups in total. The van der Waals surface area contributed by atoms with Gasteiger partial charge < -0.3 is 15.1 Å². The first-order chi connectivity index (χ1) is 7.75. The maximum atomic E-state index is 5.34. The van der Waals surface area contributed by atoms with E-state index >= 15 is 0 Å². The van der Waals surface area contributed by atoms with E-state index in [-0.39, 0.29) is 0 Å². The van der Waals surface area contributed by atoms with Crippen molar-refractivity contribution < 1.29 is 4.42 Å². The highest BCUT2D eigenvalue weighted by molar-refractivity contribution is 5.00. The zero-order valence-corrected chi connectivity index (χ0v) is 10.2. The van der Waals surface area contributed by atoms with Crippen LogP contribution < -0.4 is 10.6 Å². The molecule has 1 aliphatic heterocycles.